The van der Waals surface area contributed by atoms with E-state index in [4.69, 9.17) is 0 Å². The Morgan fingerprint density at radius 3 is 2.62 bits per heavy atom. The van der Waals surface area contributed by atoms with Gasteiger partial charge in [-0.15, -0.1) is 0 Å². The minimum Gasteiger partial charge on any atom is -0.317 e. The summed E-state index contributed by atoms with van der Waals surface area (Å²) in [7, 11) is 0. The van der Waals surface area contributed by atoms with Crippen LogP contribution in [0.1, 0.15) is 25.8 Å². The maximum atomic E-state index is 13.2. The van der Waals surface area contributed by atoms with E-state index in [1.54, 1.807) is 6.07 Å². The minimum absolute atomic E-state index is 0.164. The van der Waals surface area contributed by atoms with Crippen LogP contribution in [0.3, 0.4) is 0 Å². The molecule has 0 amide bonds. The predicted octanol–water partition coefficient (Wildman–Crippen LogP) is 3.77. The van der Waals surface area contributed by atoms with Crippen LogP contribution in [0.15, 0.2) is 22.7 Å². The Kier molecular flexibility index (Phi) is 5.99. The van der Waals surface area contributed by atoms with Gasteiger partial charge in [-0.3, -0.25) is 0 Å². The van der Waals surface area contributed by atoms with E-state index in [0.717, 1.165) is 36.0 Å². The molecular weight excluding hydrogens is 269 g/mol. The number of nitrogens with one attached hydrogen (secondary N) is 1. The number of hydrogen-bond donors (Lipinski definition) is 1. The number of hydrogen-bond acceptors (Lipinski definition) is 1. The summed E-state index contributed by atoms with van der Waals surface area (Å²) < 4.78 is 14.0. The SMILES string of the molecule is CCNCC(CC)Cc1cc(F)cc(Br)c1. The molecule has 0 aliphatic carbocycles. The van der Waals surface area contributed by atoms with Crippen molar-refractivity contribution >= 4 is 15.9 Å². The molecule has 0 saturated carbocycles. The summed E-state index contributed by atoms with van der Waals surface area (Å²) in [6.45, 7) is 6.27. The van der Waals surface area contributed by atoms with Crippen LogP contribution >= 0.6 is 15.9 Å². The fourth-order valence-corrected chi connectivity index (χ4v) is 2.28. The molecule has 0 fully saturated rings. The van der Waals surface area contributed by atoms with Crippen LogP contribution in [0, 0.1) is 11.7 Å². The molecule has 0 aliphatic rings. The molecule has 1 N–H and O–H groups in total. The lowest BCUT2D eigenvalue weighted by Gasteiger charge is -2.15. The van der Waals surface area contributed by atoms with Crippen LogP contribution in [-0.4, -0.2) is 13.1 Å². The van der Waals surface area contributed by atoms with E-state index in [2.05, 4.69) is 35.1 Å². The second-order valence-corrected chi connectivity index (χ2v) is 4.98. The van der Waals surface area contributed by atoms with Gasteiger partial charge in [0.2, 0.25) is 0 Å². The van der Waals surface area contributed by atoms with Crippen molar-refractivity contribution in [1.29, 1.82) is 0 Å². The van der Waals surface area contributed by atoms with Gasteiger partial charge in [-0.2, -0.15) is 0 Å². The zero-order chi connectivity index (χ0) is 12.0. The average Bonchev–Trinajstić information content (AvgIpc) is 2.22. The van der Waals surface area contributed by atoms with Gasteiger partial charge in [-0.1, -0.05) is 36.2 Å². The van der Waals surface area contributed by atoms with Crippen molar-refractivity contribution in [2.45, 2.75) is 26.7 Å². The van der Waals surface area contributed by atoms with E-state index in [1.165, 1.54) is 6.07 Å². The average molecular weight is 288 g/mol. The zero-order valence-electron chi connectivity index (χ0n) is 9.89. The first-order valence-corrected chi connectivity index (χ1v) is 6.60. The summed E-state index contributed by atoms with van der Waals surface area (Å²) in [5.41, 5.74) is 1.07. The first kappa shape index (κ1) is 13.7. The smallest absolute Gasteiger partial charge is 0.124 e. The molecule has 1 atom stereocenters. The third-order valence-corrected chi connectivity index (χ3v) is 3.16. The van der Waals surface area contributed by atoms with Crippen molar-refractivity contribution in [3.8, 4) is 0 Å². The first-order chi connectivity index (χ1) is 7.65. The van der Waals surface area contributed by atoms with Crippen molar-refractivity contribution in [3.05, 3.63) is 34.1 Å². The third kappa shape index (κ3) is 4.62. The van der Waals surface area contributed by atoms with Crippen LogP contribution in [0.2, 0.25) is 0 Å². The molecule has 1 unspecified atom stereocenters. The van der Waals surface area contributed by atoms with Gasteiger partial charge in [0.1, 0.15) is 5.82 Å². The summed E-state index contributed by atoms with van der Waals surface area (Å²) >= 11 is 3.32. The fourth-order valence-electron chi connectivity index (χ4n) is 1.77. The lowest BCUT2D eigenvalue weighted by atomic mass is 9.97. The number of benzene rings is 1. The third-order valence-electron chi connectivity index (χ3n) is 2.71. The Morgan fingerprint density at radius 1 is 1.31 bits per heavy atom. The lowest BCUT2D eigenvalue weighted by molar-refractivity contribution is 0.466. The maximum Gasteiger partial charge on any atom is 0.124 e. The van der Waals surface area contributed by atoms with E-state index < -0.39 is 0 Å². The molecule has 0 heterocycles. The summed E-state index contributed by atoms with van der Waals surface area (Å²) in [5.74, 6) is 0.413. The maximum absolute atomic E-state index is 13.2. The summed E-state index contributed by atoms with van der Waals surface area (Å²) in [6, 6.07) is 5.12. The van der Waals surface area contributed by atoms with Gasteiger partial charge in [-0.25, -0.2) is 4.39 Å². The molecule has 1 nitrogen and oxygen atoms in total. The van der Waals surface area contributed by atoms with Crippen molar-refractivity contribution in [2.75, 3.05) is 13.1 Å². The highest BCUT2D eigenvalue weighted by molar-refractivity contribution is 9.10. The second kappa shape index (κ2) is 7.02. The molecule has 0 bridgehead atoms. The van der Waals surface area contributed by atoms with Gasteiger partial charge < -0.3 is 5.32 Å². The molecule has 0 saturated heterocycles. The van der Waals surface area contributed by atoms with Crippen molar-refractivity contribution in [2.24, 2.45) is 5.92 Å². The Bertz CT molecular complexity index is 307. The standard InChI is InChI=1S/C13H19BrFN/c1-3-10(9-16-4-2)5-11-6-12(14)8-13(15)7-11/h6-8,10,16H,3-5,9H2,1-2H3. The van der Waals surface area contributed by atoms with E-state index in [-0.39, 0.29) is 5.82 Å². The molecule has 1 aromatic rings. The van der Waals surface area contributed by atoms with Crippen LogP contribution in [-0.2, 0) is 6.42 Å². The Balaban J connectivity index is 2.62. The first-order valence-electron chi connectivity index (χ1n) is 5.81. The van der Waals surface area contributed by atoms with Gasteiger partial charge >= 0.3 is 0 Å². The number of halogens is 2. The monoisotopic (exact) mass is 287 g/mol. The molecule has 0 radical (unpaired) electrons. The van der Waals surface area contributed by atoms with Crippen LogP contribution in [0.4, 0.5) is 4.39 Å². The highest BCUT2D eigenvalue weighted by Gasteiger charge is 2.08. The van der Waals surface area contributed by atoms with Gasteiger partial charge in [0.25, 0.3) is 0 Å². The van der Waals surface area contributed by atoms with E-state index in [1.807, 2.05) is 6.07 Å². The molecule has 0 aliphatic heterocycles. The molecular formula is C13H19BrFN. The van der Waals surface area contributed by atoms with Gasteiger partial charge in [0, 0.05) is 4.47 Å². The Hall–Kier alpha value is -0.410. The molecule has 1 rings (SSSR count). The van der Waals surface area contributed by atoms with E-state index >= 15 is 0 Å². The molecule has 0 aromatic heterocycles. The molecule has 3 heteroatoms. The molecule has 16 heavy (non-hydrogen) atoms. The predicted molar refractivity (Wildman–Crippen MR) is 70.1 cm³/mol. The van der Waals surface area contributed by atoms with Crippen LogP contribution in [0.5, 0.6) is 0 Å². The van der Waals surface area contributed by atoms with Crippen LogP contribution in [0.25, 0.3) is 0 Å². The Labute approximate surface area is 106 Å². The fraction of sp³-hybridized carbons (Fsp3) is 0.538. The largest absolute Gasteiger partial charge is 0.317 e. The van der Waals surface area contributed by atoms with Crippen molar-refractivity contribution < 1.29 is 4.39 Å². The number of rotatable bonds is 6. The highest BCUT2D eigenvalue weighted by atomic mass is 79.9. The lowest BCUT2D eigenvalue weighted by Crippen LogP contribution is -2.23. The Morgan fingerprint density at radius 2 is 2.06 bits per heavy atom. The minimum atomic E-state index is -0.164. The summed E-state index contributed by atoms with van der Waals surface area (Å²) in [5, 5.41) is 3.34. The zero-order valence-corrected chi connectivity index (χ0v) is 11.5. The van der Waals surface area contributed by atoms with Crippen molar-refractivity contribution in [3.63, 3.8) is 0 Å². The van der Waals surface area contributed by atoms with Gasteiger partial charge in [-0.05, 0) is 49.2 Å². The normalized spacial score (nSPS) is 12.8. The van der Waals surface area contributed by atoms with E-state index in [9.17, 15) is 4.39 Å². The van der Waals surface area contributed by atoms with E-state index in [0.29, 0.717) is 5.92 Å². The van der Waals surface area contributed by atoms with Crippen LogP contribution < -0.4 is 5.32 Å². The second-order valence-electron chi connectivity index (χ2n) is 4.06. The summed E-state index contributed by atoms with van der Waals surface area (Å²) in [4.78, 5) is 0. The molecule has 90 valence electrons. The topological polar surface area (TPSA) is 12.0 Å². The quantitative estimate of drug-likeness (QED) is 0.840. The molecule has 1 aromatic carbocycles. The summed E-state index contributed by atoms with van der Waals surface area (Å²) in [6.07, 6.45) is 2.04. The van der Waals surface area contributed by atoms with Gasteiger partial charge in [0.05, 0.1) is 0 Å². The van der Waals surface area contributed by atoms with Gasteiger partial charge in [0.15, 0.2) is 0 Å². The van der Waals surface area contributed by atoms with Crippen molar-refractivity contribution in [1.82, 2.24) is 5.32 Å². The molecule has 0 spiro atoms. The highest BCUT2D eigenvalue weighted by Crippen LogP contribution is 2.18.